The summed E-state index contributed by atoms with van der Waals surface area (Å²) in [6.07, 6.45) is 0. The van der Waals surface area contributed by atoms with E-state index in [0.29, 0.717) is 33.8 Å². The number of ether oxygens (including phenoxy) is 3. The molecule has 0 unspecified atom stereocenters. The van der Waals surface area contributed by atoms with Crippen LogP contribution in [0.3, 0.4) is 0 Å². The molecule has 0 aliphatic heterocycles. The summed E-state index contributed by atoms with van der Waals surface area (Å²) in [5.41, 5.74) is 1.14. The summed E-state index contributed by atoms with van der Waals surface area (Å²) in [7, 11) is 2.97. The van der Waals surface area contributed by atoms with Crippen LogP contribution in [0.1, 0.15) is 17.3 Å². The smallest absolute Gasteiger partial charge is 0.257 e. The minimum Gasteiger partial charge on any atom is -0.494 e. The fourth-order valence-corrected chi connectivity index (χ4v) is 3.61. The molecule has 1 aromatic heterocycles. The molecule has 1 amide bonds. The molecular formula is C18H17ClN2O4S. The average molecular weight is 393 g/mol. The Bertz CT molecular complexity index is 958. The van der Waals surface area contributed by atoms with Crippen LogP contribution in [0.5, 0.6) is 17.2 Å². The maximum Gasteiger partial charge on any atom is 0.257 e. The van der Waals surface area contributed by atoms with Crippen molar-refractivity contribution >= 4 is 44.2 Å². The van der Waals surface area contributed by atoms with E-state index in [4.69, 9.17) is 25.8 Å². The summed E-state index contributed by atoms with van der Waals surface area (Å²) >= 11 is 7.53. The van der Waals surface area contributed by atoms with Crippen molar-refractivity contribution in [3.63, 3.8) is 0 Å². The van der Waals surface area contributed by atoms with Gasteiger partial charge in [-0.25, -0.2) is 4.98 Å². The molecule has 6 nitrogen and oxygen atoms in total. The highest BCUT2D eigenvalue weighted by atomic mass is 35.5. The second kappa shape index (κ2) is 7.80. The van der Waals surface area contributed by atoms with Gasteiger partial charge >= 0.3 is 0 Å². The van der Waals surface area contributed by atoms with Gasteiger partial charge in [0, 0.05) is 5.56 Å². The van der Waals surface area contributed by atoms with Gasteiger partial charge in [-0.1, -0.05) is 22.9 Å². The lowest BCUT2D eigenvalue weighted by molar-refractivity contribution is 0.102. The predicted octanol–water partition coefficient (Wildman–Crippen LogP) is 4.62. The largest absolute Gasteiger partial charge is 0.494 e. The first kappa shape index (κ1) is 18.3. The van der Waals surface area contributed by atoms with E-state index < -0.39 is 0 Å². The third-order valence-electron chi connectivity index (χ3n) is 3.59. The molecule has 0 radical (unpaired) electrons. The van der Waals surface area contributed by atoms with Gasteiger partial charge in [0.05, 0.1) is 36.1 Å². The number of carbonyl (C=O) groups is 1. The minimum absolute atomic E-state index is 0.294. The van der Waals surface area contributed by atoms with Crippen LogP contribution in [0.25, 0.3) is 10.2 Å². The molecular weight excluding hydrogens is 376 g/mol. The number of carbonyl (C=O) groups excluding carboxylic acids is 1. The second-order valence-corrected chi connectivity index (χ2v) is 6.67. The number of nitrogens with zero attached hydrogens (tertiary/aromatic N) is 1. The monoisotopic (exact) mass is 392 g/mol. The summed E-state index contributed by atoms with van der Waals surface area (Å²) in [6.45, 7) is 2.52. The van der Waals surface area contributed by atoms with E-state index in [1.165, 1.54) is 31.6 Å². The highest BCUT2D eigenvalue weighted by Crippen LogP contribution is 2.36. The van der Waals surface area contributed by atoms with E-state index in [1.807, 2.05) is 25.1 Å². The lowest BCUT2D eigenvalue weighted by atomic mass is 10.2. The van der Waals surface area contributed by atoms with Gasteiger partial charge in [-0.2, -0.15) is 0 Å². The Kier molecular flexibility index (Phi) is 5.49. The number of thiazole rings is 1. The van der Waals surface area contributed by atoms with Crippen LogP contribution in [-0.2, 0) is 0 Å². The van der Waals surface area contributed by atoms with Crippen LogP contribution in [0.2, 0.25) is 5.02 Å². The lowest BCUT2D eigenvalue weighted by Gasteiger charge is -2.11. The zero-order chi connectivity index (χ0) is 18.7. The quantitative estimate of drug-likeness (QED) is 0.662. The normalized spacial score (nSPS) is 10.6. The molecule has 0 atom stereocenters. The Labute approximate surface area is 159 Å². The van der Waals surface area contributed by atoms with E-state index in [-0.39, 0.29) is 5.91 Å². The van der Waals surface area contributed by atoms with E-state index >= 15 is 0 Å². The number of methoxy groups -OCH3 is 2. The van der Waals surface area contributed by atoms with Gasteiger partial charge in [0.2, 0.25) is 0 Å². The molecule has 2 aromatic carbocycles. The van der Waals surface area contributed by atoms with Crippen LogP contribution in [0.4, 0.5) is 5.13 Å². The molecule has 1 N–H and O–H groups in total. The van der Waals surface area contributed by atoms with Gasteiger partial charge in [-0.05, 0) is 37.3 Å². The summed E-state index contributed by atoms with van der Waals surface area (Å²) in [4.78, 5) is 17.0. The van der Waals surface area contributed by atoms with Gasteiger partial charge < -0.3 is 14.2 Å². The molecule has 0 bridgehead atoms. The zero-order valence-electron chi connectivity index (χ0n) is 14.5. The summed E-state index contributed by atoms with van der Waals surface area (Å²) in [5, 5.41) is 3.57. The number of anilines is 1. The van der Waals surface area contributed by atoms with Crippen molar-refractivity contribution in [3.05, 3.63) is 40.9 Å². The third-order valence-corrected chi connectivity index (χ3v) is 4.80. The molecule has 0 aliphatic rings. The first-order valence-corrected chi connectivity index (χ1v) is 9.01. The molecule has 1 heterocycles. The minimum atomic E-state index is -0.336. The van der Waals surface area contributed by atoms with Crippen LogP contribution >= 0.6 is 22.9 Å². The molecule has 0 saturated heterocycles. The van der Waals surface area contributed by atoms with E-state index in [2.05, 4.69) is 10.3 Å². The molecule has 3 rings (SSSR count). The van der Waals surface area contributed by atoms with Gasteiger partial charge in [0.15, 0.2) is 16.6 Å². The predicted molar refractivity (Wildman–Crippen MR) is 103 cm³/mol. The van der Waals surface area contributed by atoms with Crippen molar-refractivity contribution in [3.8, 4) is 17.2 Å². The van der Waals surface area contributed by atoms with Crippen molar-refractivity contribution in [1.29, 1.82) is 0 Å². The summed E-state index contributed by atoms with van der Waals surface area (Å²) < 4.78 is 16.8. The number of fused-ring (bicyclic) bond motifs is 1. The Morgan fingerprint density at radius 1 is 1.23 bits per heavy atom. The molecule has 0 spiro atoms. The number of nitrogens with one attached hydrogen (secondary N) is 1. The number of hydrogen-bond donors (Lipinski definition) is 1. The standard InChI is InChI=1S/C18H17ClN2O4S/c1-4-25-11-5-6-13-15(9-11)26-18(20-13)21-17(22)10-7-12(19)16(24-3)14(8-10)23-2/h5-9H,4H2,1-3H3,(H,20,21,22). The Morgan fingerprint density at radius 2 is 2.04 bits per heavy atom. The molecule has 0 aliphatic carbocycles. The van der Waals surface area contributed by atoms with Gasteiger partial charge in [0.1, 0.15) is 5.75 Å². The van der Waals surface area contributed by atoms with Crippen molar-refractivity contribution in [2.75, 3.05) is 26.1 Å². The number of halogens is 1. The van der Waals surface area contributed by atoms with E-state index in [1.54, 1.807) is 6.07 Å². The fraction of sp³-hybridized carbons (Fsp3) is 0.222. The number of amides is 1. The highest BCUT2D eigenvalue weighted by Gasteiger charge is 2.16. The Balaban J connectivity index is 1.85. The van der Waals surface area contributed by atoms with Crippen LogP contribution in [-0.4, -0.2) is 31.7 Å². The molecule has 3 aromatic rings. The van der Waals surface area contributed by atoms with E-state index in [9.17, 15) is 4.79 Å². The first-order valence-electron chi connectivity index (χ1n) is 7.82. The number of aromatic nitrogens is 1. The van der Waals surface area contributed by atoms with E-state index in [0.717, 1.165) is 16.0 Å². The summed E-state index contributed by atoms with van der Waals surface area (Å²) in [5.74, 6) is 1.20. The van der Waals surface area contributed by atoms with Crippen molar-refractivity contribution in [1.82, 2.24) is 4.98 Å². The molecule has 8 heteroatoms. The van der Waals surface area contributed by atoms with Crippen molar-refractivity contribution < 1.29 is 19.0 Å². The molecule has 26 heavy (non-hydrogen) atoms. The van der Waals surface area contributed by atoms with Crippen LogP contribution in [0.15, 0.2) is 30.3 Å². The van der Waals surface area contributed by atoms with Gasteiger partial charge in [-0.3, -0.25) is 10.1 Å². The molecule has 136 valence electrons. The SMILES string of the molecule is CCOc1ccc2nc(NC(=O)c3cc(Cl)c(OC)c(OC)c3)sc2c1. The fourth-order valence-electron chi connectivity index (χ4n) is 2.43. The number of hydrogen-bond acceptors (Lipinski definition) is 6. The lowest BCUT2D eigenvalue weighted by Crippen LogP contribution is -2.12. The zero-order valence-corrected chi connectivity index (χ0v) is 16.0. The first-order chi connectivity index (χ1) is 12.5. The van der Waals surface area contributed by atoms with Gasteiger partial charge in [0.25, 0.3) is 5.91 Å². The maximum absolute atomic E-state index is 12.6. The van der Waals surface area contributed by atoms with Gasteiger partial charge in [-0.15, -0.1) is 0 Å². The highest BCUT2D eigenvalue weighted by molar-refractivity contribution is 7.22. The number of benzene rings is 2. The van der Waals surface area contributed by atoms with Crippen molar-refractivity contribution in [2.24, 2.45) is 0 Å². The van der Waals surface area contributed by atoms with Crippen molar-refractivity contribution in [2.45, 2.75) is 6.92 Å². The van der Waals surface area contributed by atoms with Crippen LogP contribution in [0, 0.1) is 0 Å². The second-order valence-electron chi connectivity index (χ2n) is 5.23. The average Bonchev–Trinajstić information content (AvgIpc) is 3.02. The molecule has 0 fully saturated rings. The Morgan fingerprint density at radius 3 is 2.73 bits per heavy atom. The third kappa shape index (κ3) is 3.68. The molecule has 0 saturated carbocycles. The van der Waals surface area contributed by atoms with Crippen LogP contribution < -0.4 is 19.5 Å². The Hall–Kier alpha value is -2.51. The topological polar surface area (TPSA) is 69.7 Å². The maximum atomic E-state index is 12.6. The summed E-state index contributed by atoms with van der Waals surface area (Å²) in [6, 6.07) is 8.71. The number of rotatable bonds is 6.